The van der Waals surface area contributed by atoms with Gasteiger partial charge in [-0.3, -0.25) is 0 Å². The van der Waals surface area contributed by atoms with E-state index in [9.17, 15) is 81.5 Å². The van der Waals surface area contributed by atoms with Crippen molar-refractivity contribution in [3.8, 4) is 73.3 Å². The smallest absolute Gasteiger partial charge is 0.419 e. The fourth-order valence-corrected chi connectivity index (χ4v) is 13.7. The zero-order valence-electron chi connectivity index (χ0n) is 66.6. The van der Waals surface area contributed by atoms with E-state index in [-0.39, 0.29) is 175 Å². The van der Waals surface area contributed by atoms with E-state index >= 15 is 0 Å². The van der Waals surface area contributed by atoms with Crippen LogP contribution in [0.3, 0.4) is 0 Å². The average Bonchev–Trinajstić information content (AvgIpc) is 0.791. The van der Waals surface area contributed by atoms with E-state index in [1.54, 1.807) is 19.1 Å². The van der Waals surface area contributed by atoms with Gasteiger partial charge in [0.1, 0.15) is 34.8 Å². The first-order valence-electron chi connectivity index (χ1n) is 35.2. The molecular formula is C83H58Cl9F12IN12O13. The summed E-state index contributed by atoms with van der Waals surface area (Å²) in [5.41, 5.74) is 31.2. The topological polar surface area (TPSA) is 444 Å². The summed E-state index contributed by atoms with van der Waals surface area (Å²) < 4.78 is 176. The molecule has 0 fully saturated rings. The number of anilines is 6. The second-order valence-corrected chi connectivity index (χ2v) is 30.6. The summed E-state index contributed by atoms with van der Waals surface area (Å²) in [6, 6.07) is 21.3. The molecule has 0 atom stereocenters. The zero-order chi connectivity index (χ0) is 97.9. The number of carbonyl (C=O) groups is 6. The molecule has 47 heteroatoms. The molecule has 130 heavy (non-hydrogen) atoms. The Balaban J connectivity index is 0.000000214. The molecule has 6 heterocycles. The molecule has 0 aliphatic carbocycles. The first-order chi connectivity index (χ1) is 60.6. The first kappa shape index (κ1) is 105. The van der Waals surface area contributed by atoms with E-state index in [0.29, 0.717) is 32.0 Å². The molecule has 25 nitrogen and oxygen atoms in total. The molecule has 12 aromatic rings. The van der Waals surface area contributed by atoms with E-state index in [1.807, 2.05) is 22.6 Å². The second-order valence-electron chi connectivity index (χ2n) is 25.9. The minimum atomic E-state index is -4.84. The van der Waals surface area contributed by atoms with Crippen LogP contribution in [-0.2, 0) is 15.7 Å². The Morgan fingerprint density at radius 3 is 1.10 bits per heavy atom. The lowest BCUT2D eigenvalue weighted by Crippen LogP contribution is -2.10. The van der Waals surface area contributed by atoms with Crippen LogP contribution in [0.25, 0.3) is 73.6 Å². The molecule has 0 aliphatic rings. The lowest BCUT2D eigenvalue weighted by atomic mass is 10.00. The molecule has 6 aromatic carbocycles. The quantitative estimate of drug-likeness (QED) is 0.0197. The predicted octanol–water partition coefficient (Wildman–Crippen LogP) is 23.7. The Morgan fingerprint density at radius 1 is 0.400 bits per heavy atom. The van der Waals surface area contributed by atoms with Crippen LogP contribution in [0.4, 0.5) is 86.8 Å². The minimum Gasteiger partial charge on any atom is -0.495 e. The highest BCUT2D eigenvalue weighted by Gasteiger charge is 2.36. The van der Waals surface area contributed by atoms with Crippen LogP contribution in [0.1, 0.15) is 108 Å². The summed E-state index contributed by atoms with van der Waals surface area (Å²) in [5.74, 6) is -13.4. The highest BCUT2D eigenvalue weighted by Crippen LogP contribution is 2.45. The molecule has 0 unspecified atom stereocenters. The van der Waals surface area contributed by atoms with E-state index in [2.05, 4.69) is 46.0 Å². The van der Waals surface area contributed by atoms with Gasteiger partial charge in [-0.2, -0.15) is 13.2 Å². The van der Waals surface area contributed by atoms with Crippen molar-refractivity contribution in [1.29, 1.82) is 0 Å². The van der Waals surface area contributed by atoms with Crippen molar-refractivity contribution < 1.29 is 116 Å². The van der Waals surface area contributed by atoms with Crippen molar-refractivity contribution in [3.63, 3.8) is 0 Å². The van der Waals surface area contributed by atoms with E-state index in [1.165, 1.54) is 101 Å². The van der Waals surface area contributed by atoms with E-state index < -0.39 is 117 Å². The molecule has 0 radical (unpaired) electrons. The van der Waals surface area contributed by atoms with Crippen molar-refractivity contribution in [1.82, 2.24) is 29.9 Å². The van der Waals surface area contributed by atoms with Gasteiger partial charge in [0.05, 0.1) is 146 Å². The standard InChI is InChI=1S/C15H12Cl2F2N2O3.C14H9Cl2FN2O2.C14H9ClF4N2O2.C14H11ClFIN2O2.C13H8Cl2F2N2O2.C13H9ClF2N2O2/c1-23-13-7(16)4-3-6(10(13)14(18)19)9-5-8(20)11(17)12(21-9)15(22)24-2;1-2-6-7(3-4-8(15)12(6)17)10-5-9(18)11(16)13(19-10)14(20)21;1-5-6(2-3-7(11(5)16)14(17,18)19)9-4-8(20)10(15)12(21-9)13(22)23;1-6-7(3-4-8(17)12(6)16)10-5-9(18)11(15)13(19-10)14(20)21-2;1-4-9(6(16)2-5(14)11(4)17)8-3-7(18)10(15)12(19-8)13(20)21;1-5-6(2-3-7(15)11(5)16)9-4-8(17)10(14)12(18-9)13(19)20/h3-5,14H,1-2H3,(H2,20,21);2-5H,1H2,(H2,18,19)(H,20,21);2-4H,1H3,(H2,20,21)(H,22,23);3-5H,1-2H3,(H2,18,19);2-3H,1H3,(H2,18,19)(H,20,21);2-4H,1H3,(H2,17,18)(H,19,20). The van der Waals surface area contributed by atoms with Gasteiger partial charge in [-0.15, -0.1) is 0 Å². The molecule has 0 bridgehead atoms. The number of aromatic carboxylic acids is 4. The van der Waals surface area contributed by atoms with Crippen LogP contribution in [0.5, 0.6) is 5.75 Å². The number of nitrogen functional groups attached to an aromatic ring is 6. The number of alkyl halides is 5. The molecular weight excluding hydrogens is 2050 g/mol. The number of hydrogen-bond donors (Lipinski definition) is 10. The van der Waals surface area contributed by atoms with E-state index in [4.69, 9.17) is 164 Å². The normalized spacial score (nSPS) is 10.8. The van der Waals surface area contributed by atoms with Gasteiger partial charge in [0.2, 0.25) is 0 Å². The third kappa shape index (κ3) is 23.5. The number of nitrogens with two attached hydrogens (primary N) is 6. The minimum absolute atomic E-state index is 0.00167. The van der Waals surface area contributed by atoms with Gasteiger partial charge in [-0.05, 0) is 151 Å². The Kier molecular flexibility index (Phi) is 35.5. The summed E-state index contributed by atoms with van der Waals surface area (Å²) in [7, 11) is 3.58. The van der Waals surface area contributed by atoms with Gasteiger partial charge < -0.3 is 69.0 Å². The van der Waals surface area contributed by atoms with Crippen molar-refractivity contribution in [2.75, 3.05) is 55.7 Å². The zero-order valence-corrected chi connectivity index (χ0v) is 75.6. The maximum Gasteiger partial charge on any atom is 0.419 e. The monoisotopic (exact) mass is 2100 g/mol. The van der Waals surface area contributed by atoms with Crippen LogP contribution in [-0.4, -0.2) is 107 Å². The highest BCUT2D eigenvalue weighted by molar-refractivity contribution is 14.1. The van der Waals surface area contributed by atoms with Crippen molar-refractivity contribution >= 4 is 203 Å². The third-order valence-electron chi connectivity index (χ3n) is 17.8. The molecule has 0 saturated carbocycles. The number of halogens is 22. The van der Waals surface area contributed by atoms with Crippen LogP contribution < -0.4 is 39.1 Å². The molecule has 0 saturated heterocycles. The largest absolute Gasteiger partial charge is 0.495 e. The van der Waals surface area contributed by atoms with Gasteiger partial charge >= 0.3 is 42.0 Å². The maximum atomic E-state index is 14.0. The van der Waals surface area contributed by atoms with Gasteiger partial charge in [0.15, 0.2) is 45.8 Å². The number of benzene rings is 6. The lowest BCUT2D eigenvalue weighted by Gasteiger charge is -2.15. The Labute approximate surface area is 784 Å². The Hall–Kier alpha value is -12.1. The number of pyridine rings is 6. The lowest BCUT2D eigenvalue weighted by molar-refractivity contribution is -0.140. The number of carbonyl (C=O) groups excluding carboxylic acids is 2. The van der Waals surface area contributed by atoms with Crippen LogP contribution >= 0.6 is 127 Å². The summed E-state index contributed by atoms with van der Waals surface area (Å²) in [6.07, 6.45) is -6.47. The summed E-state index contributed by atoms with van der Waals surface area (Å²) in [6.45, 7) is 8.94. The number of methoxy groups -OCH3 is 3. The Morgan fingerprint density at radius 2 is 0.723 bits per heavy atom. The van der Waals surface area contributed by atoms with Crippen LogP contribution in [0.2, 0.25) is 45.2 Å². The maximum absolute atomic E-state index is 14.0. The first-order valence-corrected chi connectivity index (χ1v) is 39.6. The number of carboxylic acid groups (broad SMARTS) is 4. The second kappa shape index (κ2) is 44.0. The predicted molar refractivity (Wildman–Crippen MR) is 478 cm³/mol. The van der Waals surface area contributed by atoms with Crippen LogP contribution in [0.15, 0.2) is 110 Å². The Bertz CT molecular complexity index is 6600. The van der Waals surface area contributed by atoms with Crippen molar-refractivity contribution in [3.05, 3.63) is 272 Å². The summed E-state index contributed by atoms with van der Waals surface area (Å²) in [5, 5.41) is 34.6. The van der Waals surface area contributed by atoms with E-state index in [0.717, 1.165) is 32.2 Å². The number of rotatable bonds is 15. The summed E-state index contributed by atoms with van der Waals surface area (Å²) >= 11 is 53.9. The number of esters is 2. The fourth-order valence-electron chi connectivity index (χ4n) is 11.4. The van der Waals surface area contributed by atoms with Gasteiger partial charge in [0, 0.05) is 42.5 Å². The number of carboxylic acids is 4. The molecule has 0 amide bonds. The van der Waals surface area contributed by atoms with Gasteiger partial charge in [0.25, 0.3) is 6.43 Å². The molecule has 6 aromatic heterocycles. The molecule has 12 rings (SSSR count). The van der Waals surface area contributed by atoms with Gasteiger partial charge in [-0.1, -0.05) is 141 Å². The molecule has 16 N–H and O–H groups in total. The highest BCUT2D eigenvalue weighted by atomic mass is 127. The number of hydrogen-bond acceptors (Lipinski definition) is 21. The number of nitrogens with zero attached hydrogens (tertiary/aromatic N) is 6. The molecule has 0 spiro atoms. The SMILES string of the molecule is C=Cc1c(-c2cc(N)c(Cl)c(C(=O)O)n2)ccc(Cl)c1F.COC(=O)c1nc(-c2ccc(Cl)c(OC)c2C(F)F)cc(N)c1Cl.COC(=O)c1nc(-c2ccc(I)c(F)c2C)cc(N)c1Cl.Cc1c(-c2cc(N)c(Cl)c(C(=O)O)n2)ccc(C(F)(F)F)c1F.Cc1c(-c2cc(N)c(Cl)c(C(=O)O)n2)ccc(F)c1F.Cc1c(F)c(Cl)cc(F)c1-c1cc(N)c(Cl)c(C(=O)O)n1. The van der Waals surface area contributed by atoms with Gasteiger partial charge in [-0.25, -0.2) is 98.2 Å². The molecule has 682 valence electrons. The third-order valence-corrected chi connectivity index (χ3v) is 21.9. The van der Waals surface area contributed by atoms with Crippen molar-refractivity contribution in [2.24, 2.45) is 0 Å². The molecule has 0 aliphatic heterocycles. The van der Waals surface area contributed by atoms with Crippen LogP contribution in [0, 0.1) is 72.0 Å². The van der Waals surface area contributed by atoms with Crippen molar-refractivity contribution in [2.45, 2.75) is 40.3 Å². The summed E-state index contributed by atoms with van der Waals surface area (Å²) in [4.78, 5) is 91.1. The fraction of sp³-hybridized carbons (Fsp3) is 0.108. The average molecular weight is 2110 g/mol. The number of ether oxygens (including phenoxy) is 3. The number of aromatic nitrogens is 6.